The third-order valence-electron chi connectivity index (χ3n) is 2.91. The topological polar surface area (TPSA) is 89.3 Å². The Morgan fingerprint density at radius 1 is 1.32 bits per heavy atom. The molecular formula is C13H12F2N2O4S. The maximum atomic E-state index is 13.6. The van der Waals surface area contributed by atoms with Crippen molar-refractivity contribution in [1.82, 2.24) is 5.16 Å². The minimum atomic E-state index is -4.39. The second kappa shape index (κ2) is 5.84. The lowest BCUT2D eigenvalue weighted by Gasteiger charge is -2.12. The molecule has 118 valence electrons. The monoisotopic (exact) mass is 330 g/mol. The summed E-state index contributed by atoms with van der Waals surface area (Å²) in [5, 5.41) is 4.08. The number of hydrogen-bond donors (Lipinski definition) is 1. The van der Waals surface area contributed by atoms with E-state index in [0.29, 0.717) is 17.9 Å². The Balaban J connectivity index is 2.28. The van der Waals surface area contributed by atoms with Crippen molar-refractivity contribution in [1.29, 1.82) is 0 Å². The normalized spacial score (nSPS) is 12.9. The zero-order chi connectivity index (χ0) is 16.5. The van der Waals surface area contributed by atoms with Gasteiger partial charge in [-0.3, -0.25) is 4.79 Å². The predicted octanol–water partition coefficient (Wildman–Crippen LogP) is 2.06. The number of aromatic nitrogens is 1. The highest BCUT2D eigenvalue weighted by atomic mass is 32.2. The number of amides is 1. The Hall–Kier alpha value is -2.29. The first-order valence-electron chi connectivity index (χ1n) is 6.15. The van der Waals surface area contributed by atoms with E-state index in [9.17, 15) is 22.0 Å². The van der Waals surface area contributed by atoms with Crippen molar-refractivity contribution < 1.29 is 26.5 Å². The van der Waals surface area contributed by atoms with Crippen LogP contribution >= 0.6 is 0 Å². The summed E-state index contributed by atoms with van der Waals surface area (Å²) in [4.78, 5) is 11.1. The average Bonchev–Trinajstić information content (AvgIpc) is 2.85. The molecule has 0 aliphatic heterocycles. The zero-order valence-corrected chi connectivity index (χ0v) is 12.4. The van der Waals surface area contributed by atoms with E-state index in [1.807, 2.05) is 0 Å². The third-order valence-corrected chi connectivity index (χ3v) is 4.98. The van der Waals surface area contributed by atoms with Gasteiger partial charge in [-0.05, 0) is 32.0 Å². The SMILES string of the molecule is Cc1cc(NC(=O)C(C)S(=O)(=O)c2cc(F)ccc2F)no1. The first-order chi connectivity index (χ1) is 10.2. The Bertz CT molecular complexity index is 817. The Morgan fingerprint density at radius 2 is 2.00 bits per heavy atom. The molecule has 1 N–H and O–H groups in total. The molecule has 0 spiro atoms. The minimum absolute atomic E-state index is 0.0317. The van der Waals surface area contributed by atoms with Gasteiger partial charge < -0.3 is 9.84 Å². The van der Waals surface area contributed by atoms with Crippen molar-refractivity contribution in [3.05, 3.63) is 41.7 Å². The van der Waals surface area contributed by atoms with E-state index in [1.54, 1.807) is 6.92 Å². The van der Waals surface area contributed by atoms with Gasteiger partial charge in [0.1, 0.15) is 27.5 Å². The summed E-state index contributed by atoms with van der Waals surface area (Å²) in [5.74, 6) is -2.53. The van der Waals surface area contributed by atoms with E-state index in [0.717, 1.165) is 13.0 Å². The summed E-state index contributed by atoms with van der Waals surface area (Å²) in [6.07, 6.45) is 0. The van der Waals surface area contributed by atoms with E-state index < -0.39 is 37.5 Å². The van der Waals surface area contributed by atoms with Crippen molar-refractivity contribution in [3.63, 3.8) is 0 Å². The molecule has 0 radical (unpaired) electrons. The van der Waals surface area contributed by atoms with Crippen LogP contribution in [0.15, 0.2) is 33.7 Å². The largest absolute Gasteiger partial charge is 0.360 e. The van der Waals surface area contributed by atoms with E-state index >= 15 is 0 Å². The van der Waals surface area contributed by atoms with Gasteiger partial charge in [0.05, 0.1) is 0 Å². The lowest BCUT2D eigenvalue weighted by molar-refractivity contribution is -0.115. The Labute approximate surface area is 125 Å². The molecule has 9 heteroatoms. The van der Waals surface area contributed by atoms with Gasteiger partial charge in [0, 0.05) is 6.07 Å². The maximum absolute atomic E-state index is 13.6. The molecular weight excluding hydrogens is 318 g/mol. The van der Waals surface area contributed by atoms with Crippen molar-refractivity contribution >= 4 is 21.6 Å². The van der Waals surface area contributed by atoms with E-state index in [1.165, 1.54) is 6.07 Å². The van der Waals surface area contributed by atoms with Crippen LogP contribution in [0, 0.1) is 18.6 Å². The second-order valence-corrected chi connectivity index (χ2v) is 6.81. The van der Waals surface area contributed by atoms with E-state index in [2.05, 4.69) is 10.5 Å². The maximum Gasteiger partial charge on any atom is 0.244 e. The zero-order valence-electron chi connectivity index (χ0n) is 11.6. The molecule has 1 amide bonds. The molecule has 6 nitrogen and oxygen atoms in total. The summed E-state index contributed by atoms with van der Waals surface area (Å²) >= 11 is 0. The highest BCUT2D eigenvalue weighted by molar-refractivity contribution is 7.92. The fraction of sp³-hybridized carbons (Fsp3) is 0.231. The van der Waals surface area contributed by atoms with Gasteiger partial charge in [-0.2, -0.15) is 0 Å². The van der Waals surface area contributed by atoms with Gasteiger partial charge in [-0.1, -0.05) is 5.16 Å². The fourth-order valence-electron chi connectivity index (χ4n) is 1.68. The molecule has 1 heterocycles. The molecule has 2 rings (SSSR count). The number of aryl methyl sites for hydroxylation is 1. The number of sulfone groups is 1. The molecule has 0 bridgehead atoms. The van der Waals surface area contributed by atoms with Gasteiger partial charge >= 0.3 is 0 Å². The molecule has 1 aromatic carbocycles. The Kier molecular flexibility index (Phi) is 4.27. The first-order valence-corrected chi connectivity index (χ1v) is 7.69. The fourth-order valence-corrected chi connectivity index (χ4v) is 3.02. The number of rotatable bonds is 4. The van der Waals surface area contributed by atoms with Crippen LogP contribution in [0.4, 0.5) is 14.6 Å². The number of benzene rings is 1. The summed E-state index contributed by atoms with van der Waals surface area (Å²) in [6, 6.07) is 3.40. The molecule has 22 heavy (non-hydrogen) atoms. The van der Waals surface area contributed by atoms with Gasteiger partial charge in [0.15, 0.2) is 15.7 Å². The lowest BCUT2D eigenvalue weighted by Crippen LogP contribution is -2.33. The van der Waals surface area contributed by atoms with Crippen LogP contribution < -0.4 is 5.32 Å². The average molecular weight is 330 g/mol. The summed E-state index contributed by atoms with van der Waals surface area (Å²) in [6.45, 7) is 2.66. The summed E-state index contributed by atoms with van der Waals surface area (Å²) in [7, 11) is -4.39. The van der Waals surface area contributed by atoms with Crippen LogP contribution in [0.3, 0.4) is 0 Å². The standard InChI is InChI=1S/C13H12F2N2O4S/c1-7-5-12(17-21-7)16-13(18)8(2)22(19,20)11-6-9(14)3-4-10(11)15/h3-6,8H,1-2H3,(H,16,17,18). The number of anilines is 1. The molecule has 2 aromatic rings. The van der Waals surface area contributed by atoms with Crippen molar-refractivity contribution in [2.45, 2.75) is 24.0 Å². The van der Waals surface area contributed by atoms with Gasteiger partial charge in [0.25, 0.3) is 0 Å². The first kappa shape index (κ1) is 16.1. The number of nitrogens with one attached hydrogen (secondary N) is 1. The molecule has 0 aliphatic rings. The number of nitrogens with zero attached hydrogens (tertiary/aromatic N) is 1. The van der Waals surface area contributed by atoms with Crippen molar-refractivity contribution in [2.75, 3.05) is 5.32 Å². The van der Waals surface area contributed by atoms with Crippen LogP contribution in [0.5, 0.6) is 0 Å². The Morgan fingerprint density at radius 3 is 2.59 bits per heavy atom. The molecule has 1 unspecified atom stereocenters. The van der Waals surface area contributed by atoms with Crippen molar-refractivity contribution in [3.8, 4) is 0 Å². The molecule has 0 aliphatic carbocycles. The summed E-state index contributed by atoms with van der Waals surface area (Å²) < 4.78 is 55.9. The summed E-state index contributed by atoms with van der Waals surface area (Å²) in [5.41, 5.74) is 0. The second-order valence-electron chi connectivity index (χ2n) is 4.57. The lowest BCUT2D eigenvalue weighted by atomic mass is 10.3. The smallest absolute Gasteiger partial charge is 0.244 e. The van der Waals surface area contributed by atoms with Crippen LogP contribution in [0.2, 0.25) is 0 Å². The number of carbonyl (C=O) groups is 1. The highest BCUT2D eigenvalue weighted by Crippen LogP contribution is 2.21. The number of carbonyl (C=O) groups excluding carboxylic acids is 1. The van der Waals surface area contributed by atoms with Gasteiger partial charge in [0.2, 0.25) is 5.91 Å². The van der Waals surface area contributed by atoms with Crippen LogP contribution in [0.1, 0.15) is 12.7 Å². The molecule has 1 aromatic heterocycles. The molecule has 0 saturated heterocycles. The quantitative estimate of drug-likeness (QED) is 0.927. The van der Waals surface area contributed by atoms with E-state index in [-0.39, 0.29) is 5.82 Å². The van der Waals surface area contributed by atoms with Gasteiger partial charge in [-0.15, -0.1) is 0 Å². The molecule has 0 saturated carbocycles. The number of halogens is 2. The van der Waals surface area contributed by atoms with Crippen LogP contribution in [0.25, 0.3) is 0 Å². The number of hydrogen-bond acceptors (Lipinski definition) is 5. The minimum Gasteiger partial charge on any atom is -0.360 e. The highest BCUT2D eigenvalue weighted by Gasteiger charge is 2.32. The third kappa shape index (κ3) is 3.14. The van der Waals surface area contributed by atoms with E-state index in [4.69, 9.17) is 4.52 Å². The predicted molar refractivity (Wildman–Crippen MR) is 72.9 cm³/mol. The van der Waals surface area contributed by atoms with Crippen molar-refractivity contribution in [2.24, 2.45) is 0 Å². The molecule has 1 atom stereocenters. The van der Waals surface area contributed by atoms with Crippen LogP contribution in [-0.4, -0.2) is 24.7 Å². The van der Waals surface area contributed by atoms with Gasteiger partial charge in [-0.25, -0.2) is 17.2 Å². The molecule has 0 fully saturated rings. The van der Waals surface area contributed by atoms with Crippen LogP contribution in [-0.2, 0) is 14.6 Å².